The van der Waals surface area contributed by atoms with Gasteiger partial charge in [-0.1, -0.05) is 18.2 Å². The molecular formula is C19H18O6. The van der Waals surface area contributed by atoms with Crippen molar-refractivity contribution < 1.29 is 28.2 Å². The molecule has 130 valence electrons. The number of rotatable bonds is 6. The molecule has 0 saturated carbocycles. The van der Waals surface area contributed by atoms with Gasteiger partial charge in [0.05, 0.1) is 26.9 Å². The summed E-state index contributed by atoms with van der Waals surface area (Å²) in [6, 6.07) is 12.5. The van der Waals surface area contributed by atoms with Gasteiger partial charge in [-0.3, -0.25) is 0 Å². The van der Waals surface area contributed by atoms with Crippen LogP contribution >= 0.6 is 0 Å². The lowest BCUT2D eigenvalue weighted by Gasteiger charge is -2.13. The second kappa shape index (κ2) is 7.17. The molecule has 0 unspecified atom stereocenters. The second-order valence-corrected chi connectivity index (χ2v) is 5.24. The van der Waals surface area contributed by atoms with Crippen LogP contribution in [0.1, 0.15) is 16.1 Å². The summed E-state index contributed by atoms with van der Waals surface area (Å²) < 4.78 is 26.7. The Hall–Kier alpha value is -3.15. The molecule has 3 rings (SSSR count). The van der Waals surface area contributed by atoms with E-state index >= 15 is 0 Å². The molecule has 0 fully saturated rings. The van der Waals surface area contributed by atoms with Gasteiger partial charge in [-0.25, -0.2) is 4.79 Å². The van der Waals surface area contributed by atoms with Crippen molar-refractivity contribution in [3.8, 4) is 17.2 Å². The van der Waals surface area contributed by atoms with Crippen molar-refractivity contribution in [3.63, 3.8) is 0 Å². The first-order valence-corrected chi connectivity index (χ1v) is 7.61. The van der Waals surface area contributed by atoms with Crippen LogP contribution in [0.2, 0.25) is 0 Å². The standard InChI is InChI=1S/C19H18O6/c1-21-16-9-13(10-17(22-2)18(16)23-3)19(20)24-11-14-8-12-6-4-5-7-15(12)25-14/h4-10H,11H2,1-3H3. The molecule has 0 atom stereocenters. The summed E-state index contributed by atoms with van der Waals surface area (Å²) in [6.07, 6.45) is 0. The molecule has 25 heavy (non-hydrogen) atoms. The lowest BCUT2D eigenvalue weighted by atomic mass is 10.2. The monoisotopic (exact) mass is 342 g/mol. The minimum absolute atomic E-state index is 0.0319. The first kappa shape index (κ1) is 16.7. The lowest BCUT2D eigenvalue weighted by Crippen LogP contribution is -2.06. The molecule has 0 spiro atoms. The highest BCUT2D eigenvalue weighted by molar-refractivity contribution is 5.91. The zero-order valence-corrected chi connectivity index (χ0v) is 14.2. The van der Waals surface area contributed by atoms with E-state index in [4.69, 9.17) is 23.4 Å². The van der Waals surface area contributed by atoms with Gasteiger partial charge < -0.3 is 23.4 Å². The Balaban J connectivity index is 1.78. The van der Waals surface area contributed by atoms with Gasteiger partial charge in [0.1, 0.15) is 18.0 Å². The molecule has 6 nitrogen and oxygen atoms in total. The van der Waals surface area contributed by atoms with Gasteiger partial charge in [-0.15, -0.1) is 0 Å². The highest BCUT2D eigenvalue weighted by Gasteiger charge is 2.18. The minimum Gasteiger partial charge on any atom is -0.493 e. The Bertz CT molecular complexity index is 838. The zero-order valence-electron chi connectivity index (χ0n) is 14.2. The number of carbonyl (C=O) groups excluding carboxylic acids is 1. The molecular weight excluding hydrogens is 324 g/mol. The minimum atomic E-state index is -0.514. The molecule has 0 bridgehead atoms. The average Bonchev–Trinajstić information content (AvgIpc) is 3.07. The van der Waals surface area contributed by atoms with E-state index in [0.717, 1.165) is 11.0 Å². The number of hydrogen-bond donors (Lipinski definition) is 0. The van der Waals surface area contributed by atoms with E-state index in [1.54, 1.807) is 12.1 Å². The van der Waals surface area contributed by atoms with Crippen molar-refractivity contribution >= 4 is 16.9 Å². The number of methoxy groups -OCH3 is 3. The third kappa shape index (κ3) is 3.38. The maximum atomic E-state index is 12.4. The van der Waals surface area contributed by atoms with Crippen LogP contribution in [0.3, 0.4) is 0 Å². The predicted molar refractivity (Wildman–Crippen MR) is 91.4 cm³/mol. The van der Waals surface area contributed by atoms with Gasteiger partial charge in [0.15, 0.2) is 11.5 Å². The maximum Gasteiger partial charge on any atom is 0.338 e. The van der Waals surface area contributed by atoms with E-state index in [9.17, 15) is 4.79 Å². The highest BCUT2D eigenvalue weighted by Crippen LogP contribution is 2.38. The van der Waals surface area contributed by atoms with Crippen LogP contribution in [0, 0.1) is 0 Å². The molecule has 3 aromatic rings. The molecule has 0 aliphatic carbocycles. The SMILES string of the molecule is COc1cc(C(=O)OCc2cc3ccccc3o2)cc(OC)c1OC. The van der Waals surface area contributed by atoms with E-state index in [1.807, 2.05) is 30.3 Å². The Morgan fingerprint density at radius 1 is 0.960 bits per heavy atom. The number of ether oxygens (including phenoxy) is 4. The topological polar surface area (TPSA) is 67.1 Å². The number of hydrogen-bond acceptors (Lipinski definition) is 6. The van der Waals surface area contributed by atoms with Crippen LogP contribution < -0.4 is 14.2 Å². The van der Waals surface area contributed by atoms with E-state index in [2.05, 4.69) is 0 Å². The van der Waals surface area contributed by atoms with E-state index in [-0.39, 0.29) is 6.61 Å². The van der Waals surface area contributed by atoms with Crippen molar-refractivity contribution in [2.75, 3.05) is 21.3 Å². The second-order valence-electron chi connectivity index (χ2n) is 5.24. The van der Waals surface area contributed by atoms with Gasteiger partial charge in [0, 0.05) is 5.39 Å². The molecule has 6 heteroatoms. The van der Waals surface area contributed by atoms with Crippen LogP contribution in [0.25, 0.3) is 11.0 Å². The Kier molecular flexibility index (Phi) is 4.79. The zero-order chi connectivity index (χ0) is 17.8. The van der Waals surface area contributed by atoms with E-state index in [1.165, 1.54) is 21.3 Å². The van der Waals surface area contributed by atoms with Crippen molar-refractivity contribution in [2.24, 2.45) is 0 Å². The molecule has 0 saturated heterocycles. The summed E-state index contributed by atoms with van der Waals surface area (Å²) >= 11 is 0. The van der Waals surface area contributed by atoms with E-state index in [0.29, 0.717) is 28.6 Å². The fourth-order valence-corrected chi connectivity index (χ4v) is 2.53. The van der Waals surface area contributed by atoms with Crippen molar-refractivity contribution in [2.45, 2.75) is 6.61 Å². The number of benzene rings is 2. The van der Waals surface area contributed by atoms with Crippen LogP contribution in [0.4, 0.5) is 0 Å². The predicted octanol–water partition coefficient (Wildman–Crippen LogP) is 3.82. The fraction of sp³-hybridized carbons (Fsp3) is 0.211. The van der Waals surface area contributed by atoms with Crippen LogP contribution in [0.15, 0.2) is 46.9 Å². The summed E-state index contributed by atoms with van der Waals surface area (Å²) in [5.41, 5.74) is 1.05. The van der Waals surface area contributed by atoms with Crippen molar-refractivity contribution in [1.82, 2.24) is 0 Å². The Morgan fingerprint density at radius 3 is 2.24 bits per heavy atom. The molecule has 1 heterocycles. The Morgan fingerprint density at radius 2 is 1.64 bits per heavy atom. The van der Waals surface area contributed by atoms with Gasteiger partial charge in [0.2, 0.25) is 5.75 Å². The summed E-state index contributed by atoms with van der Waals surface area (Å²) in [4.78, 5) is 12.4. The van der Waals surface area contributed by atoms with E-state index < -0.39 is 5.97 Å². The number of esters is 1. The van der Waals surface area contributed by atoms with Gasteiger partial charge in [-0.05, 0) is 24.3 Å². The third-order valence-corrected chi connectivity index (χ3v) is 3.72. The Labute approximate surface area is 144 Å². The van der Waals surface area contributed by atoms with Crippen molar-refractivity contribution in [3.05, 3.63) is 53.8 Å². The number of furan rings is 1. The first-order valence-electron chi connectivity index (χ1n) is 7.61. The summed E-state index contributed by atoms with van der Waals surface area (Å²) in [5.74, 6) is 1.25. The summed E-state index contributed by atoms with van der Waals surface area (Å²) in [5, 5.41) is 0.960. The highest BCUT2D eigenvalue weighted by atomic mass is 16.5. The van der Waals surface area contributed by atoms with Crippen molar-refractivity contribution in [1.29, 1.82) is 0 Å². The molecule has 0 aliphatic rings. The first-order chi connectivity index (χ1) is 12.2. The third-order valence-electron chi connectivity index (χ3n) is 3.72. The quantitative estimate of drug-likeness (QED) is 0.635. The van der Waals surface area contributed by atoms with Crippen LogP contribution in [-0.2, 0) is 11.3 Å². The van der Waals surface area contributed by atoms with Crippen LogP contribution in [-0.4, -0.2) is 27.3 Å². The molecule has 0 amide bonds. The fourth-order valence-electron chi connectivity index (χ4n) is 2.53. The normalized spacial score (nSPS) is 10.5. The number of para-hydroxylation sites is 1. The largest absolute Gasteiger partial charge is 0.493 e. The summed E-state index contributed by atoms with van der Waals surface area (Å²) in [7, 11) is 4.47. The molecule has 0 radical (unpaired) electrons. The maximum absolute atomic E-state index is 12.4. The molecule has 0 N–H and O–H groups in total. The smallest absolute Gasteiger partial charge is 0.338 e. The van der Waals surface area contributed by atoms with Crippen LogP contribution in [0.5, 0.6) is 17.2 Å². The number of fused-ring (bicyclic) bond motifs is 1. The van der Waals surface area contributed by atoms with Gasteiger partial charge >= 0.3 is 5.97 Å². The summed E-state index contributed by atoms with van der Waals surface area (Å²) in [6.45, 7) is 0.0319. The van der Waals surface area contributed by atoms with Gasteiger partial charge in [0.25, 0.3) is 0 Å². The lowest BCUT2D eigenvalue weighted by molar-refractivity contribution is 0.0446. The molecule has 1 aromatic heterocycles. The average molecular weight is 342 g/mol. The molecule has 0 aliphatic heterocycles. The van der Waals surface area contributed by atoms with Gasteiger partial charge in [-0.2, -0.15) is 0 Å². The number of carbonyl (C=O) groups is 1. The molecule has 2 aromatic carbocycles.